The van der Waals surface area contributed by atoms with Crippen LogP contribution in [-0.2, 0) is 26.2 Å². The molecule has 0 aromatic heterocycles. The third kappa shape index (κ3) is 8.11. The number of benzene rings is 3. The highest BCUT2D eigenvalue weighted by Crippen LogP contribution is 2.30. The molecule has 0 saturated carbocycles. The van der Waals surface area contributed by atoms with Crippen molar-refractivity contribution < 1.29 is 18.0 Å². The Kier molecular flexibility index (Phi) is 11.0. The molecule has 0 aliphatic carbocycles. The summed E-state index contributed by atoms with van der Waals surface area (Å²) in [7, 11) is -4.17. The number of anilines is 1. The number of sulfonamides is 1. The number of amides is 2. The van der Waals surface area contributed by atoms with Crippen molar-refractivity contribution in [3.8, 4) is 0 Å². The van der Waals surface area contributed by atoms with Crippen molar-refractivity contribution in [1.82, 2.24) is 10.2 Å². The first-order chi connectivity index (χ1) is 19.4. The maximum absolute atomic E-state index is 14.2. The van der Waals surface area contributed by atoms with Gasteiger partial charge in [0.1, 0.15) is 12.6 Å². The highest BCUT2D eigenvalue weighted by molar-refractivity contribution is 7.92. The van der Waals surface area contributed by atoms with Crippen LogP contribution in [-0.4, -0.2) is 43.8 Å². The van der Waals surface area contributed by atoms with Crippen LogP contribution in [0.4, 0.5) is 5.69 Å². The Morgan fingerprint density at radius 3 is 2.02 bits per heavy atom. The molecular formula is C32H40ClN3O4S. The van der Waals surface area contributed by atoms with Crippen molar-refractivity contribution in [3.63, 3.8) is 0 Å². The van der Waals surface area contributed by atoms with E-state index in [9.17, 15) is 18.0 Å². The van der Waals surface area contributed by atoms with Crippen molar-refractivity contribution in [3.05, 3.63) is 94.0 Å². The Balaban J connectivity index is 2.10. The van der Waals surface area contributed by atoms with Crippen molar-refractivity contribution in [1.29, 1.82) is 0 Å². The molecule has 2 amide bonds. The van der Waals surface area contributed by atoms with Gasteiger partial charge in [-0.3, -0.25) is 13.9 Å². The summed E-state index contributed by atoms with van der Waals surface area (Å²) >= 11 is 6.30. The van der Waals surface area contributed by atoms with E-state index in [1.54, 1.807) is 37.3 Å². The van der Waals surface area contributed by atoms with E-state index >= 15 is 0 Å². The second kappa shape index (κ2) is 14.0. The Hall–Kier alpha value is -3.36. The van der Waals surface area contributed by atoms with Gasteiger partial charge in [0.25, 0.3) is 10.0 Å². The molecule has 3 aromatic carbocycles. The van der Waals surface area contributed by atoms with Crippen LogP contribution in [0.3, 0.4) is 0 Å². The van der Waals surface area contributed by atoms with Crippen LogP contribution in [0.25, 0.3) is 0 Å². The van der Waals surface area contributed by atoms with Gasteiger partial charge < -0.3 is 10.2 Å². The zero-order valence-corrected chi connectivity index (χ0v) is 26.2. The molecule has 0 aliphatic rings. The minimum absolute atomic E-state index is 0.0573. The molecular weight excluding hydrogens is 558 g/mol. The van der Waals surface area contributed by atoms with Crippen LogP contribution in [0.5, 0.6) is 0 Å². The summed E-state index contributed by atoms with van der Waals surface area (Å²) in [5, 5.41) is 3.34. The topological polar surface area (TPSA) is 86.8 Å². The number of rotatable bonds is 12. The van der Waals surface area contributed by atoms with E-state index in [1.807, 2.05) is 58.9 Å². The van der Waals surface area contributed by atoms with E-state index in [0.717, 1.165) is 27.4 Å². The molecule has 9 heteroatoms. The molecule has 3 aromatic rings. The number of hydrogen-bond acceptors (Lipinski definition) is 4. The molecule has 3 rings (SSSR count). The SMILES string of the molecule is CCC(C)NC(=O)C(CC)N(Cc1ccc(C)cc1)C(=O)CN(c1cc(Cl)ccc1C)S(=O)(=O)c1ccc(C)cc1. The number of hydrogen-bond donors (Lipinski definition) is 1. The maximum atomic E-state index is 14.2. The average Bonchev–Trinajstić information content (AvgIpc) is 2.94. The molecule has 2 unspecified atom stereocenters. The fourth-order valence-corrected chi connectivity index (χ4v) is 6.09. The molecule has 0 bridgehead atoms. The van der Waals surface area contributed by atoms with Gasteiger partial charge in [0.15, 0.2) is 0 Å². The zero-order chi connectivity index (χ0) is 30.3. The molecule has 2 atom stereocenters. The smallest absolute Gasteiger partial charge is 0.264 e. The van der Waals surface area contributed by atoms with Crippen molar-refractivity contribution in [2.24, 2.45) is 0 Å². The van der Waals surface area contributed by atoms with Crippen LogP contribution in [0.2, 0.25) is 5.02 Å². The lowest BCUT2D eigenvalue weighted by atomic mass is 10.1. The van der Waals surface area contributed by atoms with E-state index in [0.29, 0.717) is 22.7 Å². The Labute approximate surface area is 249 Å². The normalized spacial score (nSPS) is 12.9. The third-order valence-electron chi connectivity index (χ3n) is 7.19. The molecule has 0 aliphatic heterocycles. The van der Waals surface area contributed by atoms with Crippen LogP contribution in [0, 0.1) is 20.8 Å². The van der Waals surface area contributed by atoms with Crippen molar-refractivity contribution in [2.75, 3.05) is 10.8 Å². The van der Waals surface area contributed by atoms with E-state index < -0.39 is 28.5 Å². The fraction of sp³-hybridized carbons (Fsp3) is 0.375. The zero-order valence-electron chi connectivity index (χ0n) is 24.6. The molecule has 0 fully saturated rings. The Morgan fingerprint density at radius 1 is 0.878 bits per heavy atom. The van der Waals surface area contributed by atoms with Gasteiger partial charge >= 0.3 is 0 Å². The second-order valence-corrected chi connectivity index (χ2v) is 12.8. The van der Waals surface area contributed by atoms with E-state index in [-0.39, 0.29) is 23.4 Å². The van der Waals surface area contributed by atoms with Gasteiger partial charge in [-0.25, -0.2) is 8.42 Å². The Morgan fingerprint density at radius 2 is 1.46 bits per heavy atom. The van der Waals surface area contributed by atoms with E-state index in [1.165, 1.54) is 17.0 Å². The van der Waals surface area contributed by atoms with Crippen LogP contribution in [0.1, 0.15) is 55.9 Å². The molecule has 7 nitrogen and oxygen atoms in total. The molecule has 0 saturated heterocycles. The molecule has 220 valence electrons. The number of nitrogens with zero attached hydrogens (tertiary/aromatic N) is 2. The summed E-state index contributed by atoms with van der Waals surface area (Å²) in [5.74, 6) is -0.763. The Bertz CT molecular complexity index is 1460. The molecule has 1 N–H and O–H groups in total. The highest BCUT2D eigenvalue weighted by atomic mass is 35.5. The standard InChI is InChI=1S/C32H40ClN3O4S/c1-7-25(6)34-32(38)29(8-2)35(20-26-14-9-22(3)10-15-26)31(37)21-36(30-19-27(33)16-13-24(30)5)41(39,40)28-17-11-23(4)12-18-28/h9-19,25,29H,7-8,20-21H2,1-6H3,(H,34,38). The predicted octanol–water partition coefficient (Wildman–Crippen LogP) is 6.18. The first-order valence-corrected chi connectivity index (χ1v) is 15.7. The first kappa shape index (κ1) is 32.2. The summed E-state index contributed by atoms with van der Waals surface area (Å²) in [6, 6.07) is 18.3. The molecule has 0 heterocycles. The summed E-state index contributed by atoms with van der Waals surface area (Å²) in [5.41, 5.74) is 3.77. The van der Waals surface area contributed by atoms with E-state index in [4.69, 9.17) is 11.6 Å². The summed E-state index contributed by atoms with van der Waals surface area (Å²) in [6.45, 7) is 11.0. The van der Waals surface area contributed by atoms with Gasteiger partial charge in [-0.05, 0) is 75.9 Å². The molecule has 0 radical (unpaired) electrons. The maximum Gasteiger partial charge on any atom is 0.264 e. The van der Waals surface area contributed by atoms with Crippen LogP contribution in [0.15, 0.2) is 71.6 Å². The summed E-state index contributed by atoms with van der Waals surface area (Å²) in [4.78, 5) is 29.1. The number of nitrogens with one attached hydrogen (secondary N) is 1. The summed E-state index contributed by atoms with van der Waals surface area (Å²) in [6.07, 6.45) is 1.10. The van der Waals surface area contributed by atoms with Gasteiger partial charge in [0, 0.05) is 17.6 Å². The lowest BCUT2D eigenvalue weighted by Crippen LogP contribution is -2.53. The third-order valence-corrected chi connectivity index (χ3v) is 9.20. The van der Waals surface area contributed by atoms with Crippen molar-refractivity contribution in [2.45, 2.75) is 77.9 Å². The van der Waals surface area contributed by atoms with Gasteiger partial charge in [-0.15, -0.1) is 0 Å². The van der Waals surface area contributed by atoms with Crippen molar-refractivity contribution >= 4 is 39.1 Å². The lowest BCUT2D eigenvalue weighted by molar-refractivity contribution is -0.140. The second-order valence-electron chi connectivity index (χ2n) is 10.5. The average molecular weight is 598 g/mol. The number of halogens is 1. The monoisotopic (exact) mass is 597 g/mol. The van der Waals surface area contributed by atoms with Crippen LogP contribution >= 0.6 is 11.6 Å². The lowest BCUT2D eigenvalue weighted by Gasteiger charge is -2.34. The largest absolute Gasteiger partial charge is 0.352 e. The summed E-state index contributed by atoms with van der Waals surface area (Å²) < 4.78 is 29.2. The number of aryl methyl sites for hydroxylation is 3. The fourth-order valence-electron chi connectivity index (χ4n) is 4.45. The number of carbonyl (C=O) groups is 2. The highest BCUT2D eigenvalue weighted by Gasteiger charge is 2.34. The van der Waals surface area contributed by atoms with Gasteiger partial charge in [0.05, 0.1) is 10.6 Å². The van der Waals surface area contributed by atoms with Gasteiger partial charge in [0.2, 0.25) is 11.8 Å². The predicted molar refractivity (Wildman–Crippen MR) is 166 cm³/mol. The van der Waals surface area contributed by atoms with Gasteiger partial charge in [-0.1, -0.05) is 79.0 Å². The quantitative estimate of drug-likeness (QED) is 0.270. The molecule has 41 heavy (non-hydrogen) atoms. The van der Waals surface area contributed by atoms with Crippen LogP contribution < -0.4 is 9.62 Å². The minimum Gasteiger partial charge on any atom is -0.352 e. The van der Waals surface area contributed by atoms with Gasteiger partial charge in [-0.2, -0.15) is 0 Å². The molecule has 0 spiro atoms. The van der Waals surface area contributed by atoms with E-state index in [2.05, 4.69) is 5.32 Å². The first-order valence-electron chi connectivity index (χ1n) is 13.9. The minimum atomic E-state index is -4.17. The number of carbonyl (C=O) groups excluding carboxylic acids is 2.